The van der Waals surface area contributed by atoms with E-state index in [1.54, 1.807) is 6.07 Å². The maximum absolute atomic E-state index is 13.4. The van der Waals surface area contributed by atoms with Crippen LogP contribution in [-0.4, -0.2) is 86.8 Å². The molecule has 33 heavy (non-hydrogen) atoms. The van der Waals surface area contributed by atoms with Crippen LogP contribution in [0.2, 0.25) is 0 Å². The lowest BCUT2D eigenvalue weighted by atomic mass is 10.1. The lowest BCUT2D eigenvalue weighted by Gasteiger charge is -2.24. The first-order valence-electron chi connectivity index (χ1n) is 9.71. The molecule has 1 aromatic heterocycles. The largest absolute Gasteiger partial charge is 0.447 e. The lowest BCUT2D eigenvalue weighted by Crippen LogP contribution is -2.44. The molecule has 1 heterocycles. The number of halogens is 1. The van der Waals surface area contributed by atoms with Crippen molar-refractivity contribution in [1.82, 2.24) is 19.7 Å². The second kappa shape index (κ2) is 12.2. The van der Waals surface area contributed by atoms with E-state index in [2.05, 4.69) is 4.98 Å². The van der Waals surface area contributed by atoms with E-state index in [1.807, 2.05) is 0 Å². The van der Waals surface area contributed by atoms with Crippen LogP contribution >= 0.6 is 0 Å². The van der Waals surface area contributed by atoms with E-state index in [0.717, 1.165) is 15.4 Å². The first kappa shape index (κ1) is 26.1. The number of carbonyl (C=O) groups is 2. The molecule has 11 nitrogen and oxygen atoms in total. The summed E-state index contributed by atoms with van der Waals surface area (Å²) < 4.78 is 50.2. The van der Waals surface area contributed by atoms with Crippen molar-refractivity contribution in [2.24, 2.45) is 0 Å². The van der Waals surface area contributed by atoms with Gasteiger partial charge in [0.25, 0.3) is 5.91 Å². The number of nitrogens with one attached hydrogen (secondary N) is 1. The van der Waals surface area contributed by atoms with E-state index >= 15 is 0 Å². The van der Waals surface area contributed by atoms with Gasteiger partial charge in [-0.3, -0.25) is 15.0 Å². The minimum absolute atomic E-state index is 0.0257. The number of aromatic nitrogens is 1. The van der Waals surface area contributed by atoms with E-state index in [-0.39, 0.29) is 31.2 Å². The fraction of sp³-hybridized carbons (Fsp3) is 0.350. The minimum atomic E-state index is -4.23. The molecule has 2 rings (SSSR count). The van der Waals surface area contributed by atoms with Crippen molar-refractivity contribution >= 4 is 22.0 Å². The molecule has 0 aliphatic rings. The van der Waals surface area contributed by atoms with Crippen molar-refractivity contribution < 1.29 is 37.1 Å². The topological polar surface area (TPSA) is 138 Å². The van der Waals surface area contributed by atoms with E-state index in [0.29, 0.717) is 11.3 Å². The van der Waals surface area contributed by atoms with Gasteiger partial charge in [-0.05, 0) is 24.3 Å². The van der Waals surface area contributed by atoms with Crippen LogP contribution in [-0.2, 0) is 24.3 Å². The Morgan fingerprint density at radius 3 is 2.55 bits per heavy atom. The van der Waals surface area contributed by atoms with Crippen LogP contribution < -0.4 is 5.48 Å². The number of methoxy groups -OCH3 is 1. The predicted molar refractivity (Wildman–Crippen MR) is 114 cm³/mol. The highest BCUT2D eigenvalue weighted by Gasteiger charge is 2.28. The van der Waals surface area contributed by atoms with Gasteiger partial charge in [-0.25, -0.2) is 23.1 Å². The summed E-state index contributed by atoms with van der Waals surface area (Å²) in [7, 11) is -1.38. The molecule has 2 aromatic rings. The molecule has 2 N–H and O–H groups in total. The molecule has 0 aliphatic heterocycles. The number of hydroxylamine groups is 1. The van der Waals surface area contributed by atoms with Crippen molar-refractivity contribution in [1.29, 1.82) is 0 Å². The smallest absolute Gasteiger partial charge is 0.409 e. The van der Waals surface area contributed by atoms with Crippen LogP contribution in [0.1, 0.15) is 0 Å². The molecule has 0 atom stereocenters. The molecule has 2 amide bonds. The zero-order valence-electron chi connectivity index (χ0n) is 18.1. The zero-order chi connectivity index (χ0) is 24.4. The number of hydrogen-bond donors (Lipinski definition) is 2. The maximum atomic E-state index is 13.4. The molecule has 0 saturated carbocycles. The number of ether oxygens (including phenoxy) is 2. The number of amides is 2. The highest BCUT2D eigenvalue weighted by molar-refractivity contribution is 7.89. The summed E-state index contributed by atoms with van der Waals surface area (Å²) in [5.41, 5.74) is 2.20. The molecule has 13 heteroatoms. The van der Waals surface area contributed by atoms with Gasteiger partial charge >= 0.3 is 6.09 Å². The van der Waals surface area contributed by atoms with Gasteiger partial charge in [0.05, 0.1) is 18.8 Å². The molecule has 0 radical (unpaired) electrons. The highest BCUT2D eigenvalue weighted by atomic mass is 32.2. The van der Waals surface area contributed by atoms with Crippen LogP contribution in [0.3, 0.4) is 0 Å². The first-order valence-corrected chi connectivity index (χ1v) is 11.1. The number of pyridine rings is 1. The first-order chi connectivity index (χ1) is 15.7. The molecule has 0 fully saturated rings. The Kier molecular flexibility index (Phi) is 9.66. The number of likely N-dealkylation sites (N-methyl/N-ethyl adjacent to an activating group) is 1. The normalized spacial score (nSPS) is 11.3. The van der Waals surface area contributed by atoms with E-state index in [9.17, 15) is 22.4 Å². The van der Waals surface area contributed by atoms with E-state index < -0.39 is 34.4 Å². The Balaban J connectivity index is 2.18. The van der Waals surface area contributed by atoms with E-state index in [4.69, 9.17) is 14.7 Å². The molecule has 1 aromatic carbocycles. The number of carbonyl (C=O) groups excluding carboxylic acids is 2. The molecular weight excluding hydrogens is 459 g/mol. The lowest BCUT2D eigenvalue weighted by molar-refractivity contribution is -0.129. The van der Waals surface area contributed by atoms with Crippen molar-refractivity contribution in [3.05, 3.63) is 48.4 Å². The second-order valence-electron chi connectivity index (χ2n) is 6.79. The molecule has 0 bridgehead atoms. The van der Waals surface area contributed by atoms with Gasteiger partial charge in [-0.15, -0.1) is 0 Å². The van der Waals surface area contributed by atoms with Crippen molar-refractivity contribution in [3.8, 4) is 11.3 Å². The van der Waals surface area contributed by atoms with Crippen LogP contribution in [0.25, 0.3) is 11.3 Å². The summed E-state index contributed by atoms with van der Waals surface area (Å²) in [4.78, 5) is 28.6. The summed E-state index contributed by atoms with van der Waals surface area (Å²) >= 11 is 0. The number of rotatable bonds is 11. The monoisotopic (exact) mass is 484 g/mol. The minimum Gasteiger partial charge on any atom is -0.447 e. The number of nitrogens with zero attached hydrogens (tertiary/aromatic N) is 3. The maximum Gasteiger partial charge on any atom is 0.409 e. The van der Waals surface area contributed by atoms with Gasteiger partial charge in [-0.2, -0.15) is 4.31 Å². The number of sulfonamides is 1. The summed E-state index contributed by atoms with van der Waals surface area (Å²) in [5, 5.41) is 8.83. The third-order valence-corrected chi connectivity index (χ3v) is 6.28. The summed E-state index contributed by atoms with van der Waals surface area (Å²) in [6, 6.07) is 8.34. The van der Waals surface area contributed by atoms with Crippen LogP contribution in [0.5, 0.6) is 0 Å². The predicted octanol–water partition coefficient (Wildman–Crippen LogP) is 1.10. The Morgan fingerprint density at radius 2 is 1.94 bits per heavy atom. The van der Waals surface area contributed by atoms with Gasteiger partial charge < -0.3 is 14.4 Å². The average molecular weight is 485 g/mol. The van der Waals surface area contributed by atoms with Crippen LogP contribution in [0.15, 0.2) is 47.5 Å². The van der Waals surface area contributed by atoms with Crippen LogP contribution in [0.4, 0.5) is 9.18 Å². The number of benzene rings is 1. The zero-order valence-corrected chi connectivity index (χ0v) is 18.9. The fourth-order valence-corrected chi connectivity index (χ4v) is 3.99. The van der Waals surface area contributed by atoms with Crippen LogP contribution in [0, 0.1) is 5.82 Å². The molecule has 0 aliphatic carbocycles. The Labute approximate surface area is 190 Å². The van der Waals surface area contributed by atoms with Gasteiger partial charge in [0.1, 0.15) is 17.3 Å². The van der Waals surface area contributed by atoms with Gasteiger partial charge in [-0.1, -0.05) is 12.1 Å². The average Bonchev–Trinajstić information content (AvgIpc) is 2.81. The van der Waals surface area contributed by atoms with Gasteiger partial charge in [0, 0.05) is 39.0 Å². The molecular formula is C20H25FN4O7S. The van der Waals surface area contributed by atoms with Crippen molar-refractivity contribution in [2.75, 3.05) is 47.0 Å². The van der Waals surface area contributed by atoms with E-state index in [1.165, 1.54) is 50.0 Å². The molecule has 180 valence electrons. The van der Waals surface area contributed by atoms with Gasteiger partial charge in [0.2, 0.25) is 10.0 Å². The molecule has 0 spiro atoms. The number of hydrogen-bond acceptors (Lipinski definition) is 8. The quantitative estimate of drug-likeness (QED) is 0.275. The van der Waals surface area contributed by atoms with Gasteiger partial charge in [0.15, 0.2) is 0 Å². The third-order valence-electron chi connectivity index (χ3n) is 4.45. The molecule has 0 saturated heterocycles. The summed E-state index contributed by atoms with van der Waals surface area (Å²) in [6.07, 6.45) is 0.388. The van der Waals surface area contributed by atoms with Crippen molar-refractivity contribution in [2.45, 2.75) is 4.90 Å². The molecule has 0 unspecified atom stereocenters. The fourth-order valence-electron chi connectivity index (χ4n) is 2.66. The SMILES string of the molecule is COCCOC(=O)N(C)CCN(CC(=O)NO)S(=O)(=O)c1ccc(-c2cccc(F)c2)nc1. The van der Waals surface area contributed by atoms with Crippen molar-refractivity contribution in [3.63, 3.8) is 0 Å². The summed E-state index contributed by atoms with van der Waals surface area (Å²) in [6.45, 7) is -0.833. The highest BCUT2D eigenvalue weighted by Crippen LogP contribution is 2.21. The Morgan fingerprint density at radius 1 is 1.18 bits per heavy atom. The Bertz CT molecular complexity index is 1050. The Hall–Kier alpha value is -3.13. The third kappa shape index (κ3) is 7.46. The second-order valence-corrected chi connectivity index (χ2v) is 8.73. The standard InChI is InChI=1S/C20H25FN4O7S/c1-24(20(27)32-11-10-31-2)8-9-25(14-19(26)23-28)33(29,30)17-6-7-18(22-13-17)15-4-3-5-16(21)12-15/h3-7,12-13,28H,8-11,14H2,1-2H3,(H,23,26). The summed E-state index contributed by atoms with van der Waals surface area (Å²) in [5.74, 6) is -1.43.